The van der Waals surface area contributed by atoms with Gasteiger partial charge in [-0.1, -0.05) is 18.2 Å². The van der Waals surface area contributed by atoms with E-state index in [4.69, 9.17) is 14.2 Å². The summed E-state index contributed by atoms with van der Waals surface area (Å²) < 4.78 is 16.6. The van der Waals surface area contributed by atoms with E-state index < -0.39 is 8.07 Å². The van der Waals surface area contributed by atoms with Crippen LogP contribution in [0.5, 0.6) is 17.2 Å². The molecule has 0 aromatic heterocycles. The van der Waals surface area contributed by atoms with Gasteiger partial charge in [0.25, 0.3) is 0 Å². The van der Waals surface area contributed by atoms with Crippen molar-refractivity contribution in [2.24, 2.45) is 0 Å². The van der Waals surface area contributed by atoms with Crippen LogP contribution in [0.15, 0.2) is 50.1 Å². The zero-order chi connectivity index (χ0) is 16.6. The molecular weight excluding hydrogens is 292 g/mol. The zero-order valence-electron chi connectivity index (χ0n) is 13.9. The second kappa shape index (κ2) is 8.49. The highest BCUT2D eigenvalue weighted by Crippen LogP contribution is 2.34. The second-order valence-electron chi connectivity index (χ2n) is 5.17. The molecule has 1 aromatic carbocycles. The Morgan fingerprint density at radius 2 is 1.23 bits per heavy atom. The molecule has 22 heavy (non-hydrogen) atoms. The fourth-order valence-corrected chi connectivity index (χ4v) is 7.08. The van der Waals surface area contributed by atoms with Gasteiger partial charge in [0, 0.05) is 17.3 Å². The smallest absolute Gasteiger partial charge is 0.126 e. The monoisotopic (exact) mass is 318 g/mol. The van der Waals surface area contributed by atoms with E-state index in [1.54, 1.807) is 21.3 Å². The summed E-state index contributed by atoms with van der Waals surface area (Å²) in [7, 11) is 2.98. The number of rotatable bonds is 10. The van der Waals surface area contributed by atoms with Crippen molar-refractivity contribution >= 4 is 13.3 Å². The number of hydrogen-bond donors (Lipinski definition) is 0. The second-order valence-corrected chi connectivity index (χ2v) is 9.45. The highest BCUT2D eigenvalue weighted by Gasteiger charge is 2.37. The lowest BCUT2D eigenvalue weighted by atomic mass is 10.3. The van der Waals surface area contributed by atoms with Gasteiger partial charge in [0.2, 0.25) is 0 Å². The molecule has 0 aliphatic rings. The van der Waals surface area contributed by atoms with E-state index in [0.29, 0.717) is 0 Å². The normalized spacial score (nSPS) is 10.7. The predicted octanol–water partition coefficient (Wildman–Crippen LogP) is 3.93. The maximum Gasteiger partial charge on any atom is 0.126 e. The van der Waals surface area contributed by atoms with Crippen molar-refractivity contribution in [3.05, 3.63) is 50.1 Å². The van der Waals surface area contributed by atoms with Crippen LogP contribution in [0.2, 0.25) is 18.1 Å². The molecule has 0 N–H and O–H groups in total. The Balaban J connectivity index is 3.66. The topological polar surface area (TPSA) is 27.7 Å². The molecule has 3 nitrogen and oxygen atoms in total. The van der Waals surface area contributed by atoms with Gasteiger partial charge in [-0.3, -0.25) is 0 Å². The Bertz CT molecular complexity index is 486. The molecule has 0 atom stereocenters. The molecule has 0 saturated heterocycles. The van der Waals surface area contributed by atoms with Crippen molar-refractivity contribution in [1.82, 2.24) is 0 Å². The molecule has 0 saturated carbocycles. The van der Waals surface area contributed by atoms with Crippen molar-refractivity contribution in [3.8, 4) is 17.2 Å². The van der Waals surface area contributed by atoms with Crippen LogP contribution in [-0.2, 0) is 0 Å². The van der Waals surface area contributed by atoms with Crippen LogP contribution >= 0.6 is 0 Å². The maximum absolute atomic E-state index is 5.65. The minimum Gasteiger partial charge on any atom is -0.497 e. The quantitative estimate of drug-likeness (QED) is 0.483. The first-order chi connectivity index (χ1) is 10.6. The molecule has 0 bridgehead atoms. The van der Waals surface area contributed by atoms with E-state index >= 15 is 0 Å². The van der Waals surface area contributed by atoms with Crippen LogP contribution in [0.25, 0.3) is 0 Å². The Morgan fingerprint density at radius 1 is 0.818 bits per heavy atom. The van der Waals surface area contributed by atoms with Gasteiger partial charge in [-0.15, -0.1) is 19.7 Å². The average Bonchev–Trinajstić information content (AvgIpc) is 2.54. The Kier molecular flexibility index (Phi) is 6.99. The summed E-state index contributed by atoms with van der Waals surface area (Å²) >= 11 is 0. The highest BCUT2D eigenvalue weighted by atomic mass is 28.3. The summed E-state index contributed by atoms with van der Waals surface area (Å²) in [4.78, 5) is 0. The first kappa shape index (κ1) is 18.1. The van der Waals surface area contributed by atoms with Gasteiger partial charge in [0.05, 0.1) is 21.3 Å². The Hall–Kier alpha value is -1.94. The molecule has 0 radical (unpaired) electrons. The lowest BCUT2D eigenvalue weighted by Gasteiger charge is -2.32. The van der Waals surface area contributed by atoms with E-state index in [1.807, 2.05) is 30.4 Å². The zero-order valence-corrected chi connectivity index (χ0v) is 14.9. The van der Waals surface area contributed by atoms with Gasteiger partial charge < -0.3 is 14.2 Å². The van der Waals surface area contributed by atoms with Crippen molar-refractivity contribution in [1.29, 1.82) is 0 Å². The highest BCUT2D eigenvalue weighted by molar-refractivity contribution is 6.94. The standard InChI is InChI=1S/C18H26O3Si/c1-7-10-22(11-8-2,12-9-3)18-16(20-5)13-15(19-4)14-17(18)21-6/h7-9,13-14H,1-3,10-12H2,4-6H3. The van der Waals surface area contributed by atoms with E-state index in [0.717, 1.165) is 40.6 Å². The Labute approximate surface area is 134 Å². The summed E-state index contributed by atoms with van der Waals surface area (Å²) in [6.45, 7) is 11.8. The number of benzene rings is 1. The van der Waals surface area contributed by atoms with Crippen molar-refractivity contribution < 1.29 is 14.2 Å². The number of ether oxygens (including phenoxy) is 3. The van der Waals surface area contributed by atoms with Crippen LogP contribution in [0.3, 0.4) is 0 Å². The molecule has 1 rings (SSSR count). The number of allylic oxidation sites excluding steroid dienone is 3. The summed E-state index contributed by atoms with van der Waals surface area (Å²) in [6, 6.07) is 6.54. The number of methoxy groups -OCH3 is 3. The van der Waals surface area contributed by atoms with Crippen LogP contribution in [0, 0.1) is 0 Å². The molecule has 0 aliphatic heterocycles. The lowest BCUT2D eigenvalue weighted by molar-refractivity contribution is 0.379. The van der Waals surface area contributed by atoms with Gasteiger partial charge in [-0.2, -0.15) is 0 Å². The van der Waals surface area contributed by atoms with Gasteiger partial charge >= 0.3 is 0 Å². The summed E-state index contributed by atoms with van der Waals surface area (Å²) in [5.74, 6) is 2.32. The molecule has 120 valence electrons. The third kappa shape index (κ3) is 3.63. The van der Waals surface area contributed by atoms with E-state index in [2.05, 4.69) is 19.7 Å². The minimum absolute atomic E-state index is 0.719. The predicted molar refractivity (Wildman–Crippen MR) is 96.5 cm³/mol. The van der Waals surface area contributed by atoms with E-state index in [-0.39, 0.29) is 0 Å². The molecule has 0 fully saturated rings. The third-order valence-corrected chi connectivity index (χ3v) is 8.61. The molecule has 0 aliphatic carbocycles. The van der Waals surface area contributed by atoms with Crippen molar-refractivity contribution in [2.45, 2.75) is 18.1 Å². The van der Waals surface area contributed by atoms with Crippen LogP contribution in [0.4, 0.5) is 0 Å². The molecule has 0 heterocycles. The summed E-state index contributed by atoms with van der Waals surface area (Å²) in [5.41, 5.74) is 0. The SMILES string of the molecule is C=CC[Si](CC=C)(CC=C)c1c(OC)cc(OC)cc1OC. The Morgan fingerprint density at radius 3 is 1.50 bits per heavy atom. The van der Waals surface area contributed by atoms with Crippen molar-refractivity contribution in [2.75, 3.05) is 21.3 Å². The van der Waals surface area contributed by atoms with Gasteiger partial charge in [-0.05, 0) is 18.1 Å². The summed E-state index contributed by atoms with van der Waals surface area (Å²) in [6.07, 6.45) is 5.92. The fraction of sp³-hybridized carbons (Fsp3) is 0.333. The third-order valence-electron chi connectivity index (χ3n) is 3.85. The summed E-state index contributed by atoms with van der Waals surface area (Å²) in [5, 5.41) is 1.14. The molecule has 1 aromatic rings. The molecule has 0 amide bonds. The average molecular weight is 318 g/mol. The van der Waals surface area contributed by atoms with E-state index in [1.165, 1.54) is 0 Å². The maximum atomic E-state index is 5.65. The molecule has 0 unspecified atom stereocenters. The van der Waals surface area contributed by atoms with Crippen LogP contribution < -0.4 is 19.4 Å². The van der Waals surface area contributed by atoms with Gasteiger partial charge in [-0.25, -0.2) is 0 Å². The molecule has 4 heteroatoms. The lowest BCUT2D eigenvalue weighted by Crippen LogP contribution is -2.47. The van der Waals surface area contributed by atoms with Gasteiger partial charge in [0.15, 0.2) is 0 Å². The van der Waals surface area contributed by atoms with Gasteiger partial charge in [0.1, 0.15) is 25.3 Å². The first-order valence-electron chi connectivity index (χ1n) is 7.25. The van der Waals surface area contributed by atoms with E-state index in [9.17, 15) is 0 Å². The molecule has 0 spiro atoms. The fourth-order valence-electron chi connectivity index (χ4n) is 2.91. The number of hydrogen-bond acceptors (Lipinski definition) is 3. The first-order valence-corrected chi connectivity index (χ1v) is 9.87. The largest absolute Gasteiger partial charge is 0.497 e. The minimum atomic E-state index is -2.00. The van der Waals surface area contributed by atoms with Crippen LogP contribution in [-0.4, -0.2) is 29.4 Å². The molecular formula is C18H26O3Si. The van der Waals surface area contributed by atoms with Crippen molar-refractivity contribution in [3.63, 3.8) is 0 Å². The van der Waals surface area contributed by atoms with Crippen LogP contribution in [0.1, 0.15) is 0 Å².